The number of benzene rings is 1. The second kappa shape index (κ2) is 7.46. The summed E-state index contributed by atoms with van der Waals surface area (Å²) in [6.07, 6.45) is 4.13. The summed E-state index contributed by atoms with van der Waals surface area (Å²) in [5, 5.41) is 0. The van der Waals surface area contributed by atoms with Crippen LogP contribution >= 0.6 is 15.9 Å². The minimum Gasteiger partial charge on any atom is -0.385 e. The number of methoxy groups -OCH3 is 1. The molecule has 18 heavy (non-hydrogen) atoms. The predicted molar refractivity (Wildman–Crippen MR) is 84.2 cm³/mol. The van der Waals surface area contributed by atoms with Crippen LogP contribution in [0.2, 0.25) is 18.1 Å². The minimum absolute atomic E-state index is 0.419. The van der Waals surface area contributed by atoms with Gasteiger partial charge in [0.25, 0.3) is 0 Å². The van der Waals surface area contributed by atoms with Crippen LogP contribution in [0.3, 0.4) is 0 Å². The molecular formula is C15H23BrOSi. The highest BCUT2D eigenvalue weighted by atomic mass is 79.9. The molecule has 100 valence electrons. The lowest BCUT2D eigenvalue weighted by Crippen LogP contribution is -2.20. The Bertz CT molecular complexity index is 344. The Hall–Kier alpha value is -0.123. The van der Waals surface area contributed by atoms with Gasteiger partial charge in [0.2, 0.25) is 0 Å². The van der Waals surface area contributed by atoms with Crippen molar-refractivity contribution < 1.29 is 4.74 Å². The first-order chi connectivity index (χ1) is 8.79. The van der Waals surface area contributed by atoms with Gasteiger partial charge in [-0.1, -0.05) is 46.2 Å². The summed E-state index contributed by atoms with van der Waals surface area (Å²) >= 11 is 3.51. The molecule has 0 atom stereocenters. The fraction of sp³-hybridized carbons (Fsp3) is 0.600. The van der Waals surface area contributed by atoms with E-state index in [0.717, 1.165) is 12.5 Å². The molecule has 1 heterocycles. The summed E-state index contributed by atoms with van der Waals surface area (Å²) in [6, 6.07) is 13.5. The van der Waals surface area contributed by atoms with Gasteiger partial charge in [0.15, 0.2) is 0 Å². The van der Waals surface area contributed by atoms with E-state index in [1.165, 1.54) is 41.9 Å². The second-order valence-corrected chi connectivity index (χ2v) is 9.78. The van der Waals surface area contributed by atoms with Gasteiger partial charge >= 0.3 is 0 Å². The molecule has 0 amide bonds. The normalized spacial score (nSPS) is 24.1. The van der Waals surface area contributed by atoms with Crippen molar-refractivity contribution in [3.05, 3.63) is 34.3 Å². The fourth-order valence-electron chi connectivity index (χ4n) is 3.04. The summed E-state index contributed by atoms with van der Waals surface area (Å²) in [4.78, 5) is 0. The lowest BCUT2D eigenvalue weighted by molar-refractivity contribution is 0.199. The number of rotatable bonds is 5. The molecule has 0 radical (unpaired) electrons. The van der Waals surface area contributed by atoms with Crippen molar-refractivity contribution in [2.45, 2.75) is 43.3 Å². The van der Waals surface area contributed by atoms with E-state index in [0.29, 0.717) is 0 Å². The molecule has 0 N–H and O–H groups in total. The number of halogens is 1. The Morgan fingerprint density at radius 3 is 2.50 bits per heavy atom. The molecule has 0 saturated carbocycles. The van der Waals surface area contributed by atoms with E-state index >= 15 is 0 Å². The molecule has 0 unspecified atom stereocenters. The highest BCUT2D eigenvalue weighted by Crippen LogP contribution is 2.35. The van der Waals surface area contributed by atoms with Crippen LogP contribution in [-0.2, 0) is 4.74 Å². The molecule has 3 heteroatoms. The van der Waals surface area contributed by atoms with E-state index in [9.17, 15) is 0 Å². The molecule has 1 saturated heterocycles. The van der Waals surface area contributed by atoms with Crippen LogP contribution in [0.1, 0.15) is 30.7 Å². The summed E-state index contributed by atoms with van der Waals surface area (Å²) in [6.45, 7) is 0.958. The second-order valence-electron chi connectivity index (χ2n) is 5.40. The first-order valence-electron chi connectivity index (χ1n) is 7.04. The predicted octanol–water partition coefficient (Wildman–Crippen LogP) is 4.59. The number of hydrogen-bond donors (Lipinski definition) is 0. The maximum absolute atomic E-state index is 5.15. The van der Waals surface area contributed by atoms with E-state index in [4.69, 9.17) is 4.74 Å². The van der Waals surface area contributed by atoms with Crippen LogP contribution in [0, 0.1) is 0 Å². The third-order valence-electron chi connectivity index (χ3n) is 4.15. The first kappa shape index (κ1) is 14.3. The first-order valence-corrected chi connectivity index (χ1v) is 10.3. The minimum atomic E-state index is -0.419. The highest BCUT2D eigenvalue weighted by Gasteiger charge is 2.22. The van der Waals surface area contributed by atoms with Crippen LogP contribution in [0.5, 0.6) is 0 Å². The molecule has 1 fully saturated rings. The van der Waals surface area contributed by atoms with Crippen LogP contribution in [0.15, 0.2) is 28.7 Å². The Kier molecular flexibility index (Phi) is 5.92. The van der Waals surface area contributed by atoms with E-state index in [1.54, 1.807) is 5.56 Å². The Labute approximate surface area is 121 Å². The lowest BCUT2D eigenvalue weighted by atomic mass is 9.94. The zero-order chi connectivity index (χ0) is 12.8. The van der Waals surface area contributed by atoms with Gasteiger partial charge in [-0.25, -0.2) is 0 Å². The van der Waals surface area contributed by atoms with E-state index in [2.05, 4.69) is 40.2 Å². The Balaban J connectivity index is 1.77. The molecule has 2 rings (SSSR count). The van der Waals surface area contributed by atoms with Gasteiger partial charge in [-0.3, -0.25) is 0 Å². The molecular weight excluding hydrogens is 304 g/mol. The largest absolute Gasteiger partial charge is 0.385 e. The van der Waals surface area contributed by atoms with E-state index < -0.39 is 8.80 Å². The van der Waals surface area contributed by atoms with Crippen LogP contribution in [0.4, 0.5) is 0 Å². The van der Waals surface area contributed by atoms with Crippen molar-refractivity contribution in [3.8, 4) is 0 Å². The van der Waals surface area contributed by atoms with Crippen LogP contribution in [-0.4, -0.2) is 22.5 Å². The zero-order valence-electron chi connectivity index (χ0n) is 11.2. The van der Waals surface area contributed by atoms with Crippen molar-refractivity contribution in [1.82, 2.24) is 0 Å². The topological polar surface area (TPSA) is 9.23 Å². The molecule has 1 aliphatic rings. The third kappa shape index (κ3) is 4.21. The number of ether oxygens (including phenoxy) is 1. The van der Waals surface area contributed by atoms with Crippen molar-refractivity contribution >= 4 is 24.7 Å². The maximum atomic E-state index is 5.15. The van der Waals surface area contributed by atoms with Gasteiger partial charge in [-0.05, 0) is 42.9 Å². The van der Waals surface area contributed by atoms with E-state index in [1.807, 2.05) is 7.11 Å². The van der Waals surface area contributed by atoms with Crippen LogP contribution in [0.25, 0.3) is 0 Å². The Morgan fingerprint density at radius 2 is 1.89 bits per heavy atom. The van der Waals surface area contributed by atoms with Gasteiger partial charge in [0.1, 0.15) is 0 Å². The SMILES string of the molecule is COCCC[SiH]1CCC(c2ccc(Br)cc2)CC1. The summed E-state index contributed by atoms with van der Waals surface area (Å²) < 4.78 is 6.34. The quantitative estimate of drug-likeness (QED) is 0.568. The maximum Gasteiger partial charge on any atom is 0.0459 e. The Morgan fingerprint density at radius 1 is 1.22 bits per heavy atom. The monoisotopic (exact) mass is 326 g/mol. The van der Waals surface area contributed by atoms with E-state index in [-0.39, 0.29) is 0 Å². The number of hydrogen-bond acceptors (Lipinski definition) is 1. The van der Waals surface area contributed by atoms with Gasteiger partial charge < -0.3 is 4.74 Å². The molecule has 0 bridgehead atoms. The molecule has 1 aliphatic heterocycles. The lowest BCUT2D eigenvalue weighted by Gasteiger charge is -2.28. The molecule has 0 aromatic heterocycles. The standard InChI is InChI=1S/C15H23BrOSi/c1-17-9-2-10-18-11-7-14(8-12-18)13-3-5-15(16)6-4-13/h3-6,14,18H,2,7-12H2,1H3. The summed E-state index contributed by atoms with van der Waals surface area (Å²) in [5.74, 6) is 0.823. The van der Waals surface area contributed by atoms with Crippen LogP contribution < -0.4 is 0 Å². The van der Waals surface area contributed by atoms with Crippen molar-refractivity contribution in [2.75, 3.05) is 13.7 Å². The van der Waals surface area contributed by atoms with Gasteiger partial charge in [0, 0.05) is 27.0 Å². The smallest absolute Gasteiger partial charge is 0.0459 e. The third-order valence-corrected chi connectivity index (χ3v) is 8.20. The van der Waals surface area contributed by atoms with Crippen molar-refractivity contribution in [3.63, 3.8) is 0 Å². The molecule has 0 spiro atoms. The molecule has 1 aromatic carbocycles. The van der Waals surface area contributed by atoms with Gasteiger partial charge in [-0.2, -0.15) is 0 Å². The highest BCUT2D eigenvalue weighted by molar-refractivity contribution is 9.10. The molecule has 0 aliphatic carbocycles. The summed E-state index contributed by atoms with van der Waals surface area (Å²) in [5.41, 5.74) is 1.54. The van der Waals surface area contributed by atoms with Crippen molar-refractivity contribution in [1.29, 1.82) is 0 Å². The van der Waals surface area contributed by atoms with Gasteiger partial charge in [-0.15, -0.1) is 0 Å². The average molecular weight is 327 g/mol. The van der Waals surface area contributed by atoms with Crippen molar-refractivity contribution in [2.24, 2.45) is 0 Å². The van der Waals surface area contributed by atoms with Gasteiger partial charge in [0.05, 0.1) is 0 Å². The summed E-state index contributed by atoms with van der Waals surface area (Å²) in [7, 11) is 1.39. The molecule has 1 nitrogen and oxygen atoms in total. The molecule has 1 aromatic rings. The fourth-order valence-corrected chi connectivity index (χ4v) is 6.66. The average Bonchev–Trinajstić information content (AvgIpc) is 2.41. The zero-order valence-corrected chi connectivity index (χ0v) is 13.9.